The molecule has 2 nitrogen and oxygen atoms in total. The molecule has 3 saturated carbocycles. The quantitative estimate of drug-likeness (QED) is 0.539. The number of aliphatic hydroxyl groups is 2. The molecular formula is C24H36O2. The first kappa shape index (κ1) is 18.5. The highest BCUT2D eigenvalue weighted by Gasteiger charge is 2.60. The second kappa shape index (κ2) is 6.09. The highest BCUT2D eigenvalue weighted by atomic mass is 16.3. The zero-order valence-corrected chi connectivity index (χ0v) is 16.8. The van der Waals surface area contributed by atoms with Gasteiger partial charge in [0.05, 0.1) is 11.7 Å². The zero-order valence-electron chi connectivity index (χ0n) is 16.8. The van der Waals surface area contributed by atoms with Crippen LogP contribution in [0.4, 0.5) is 0 Å². The standard InChI is InChI=1S/C24H36O2/c1-5-12-24(4,26)21-9-8-19-18-7-6-16-15-17(25)10-13-22(16,2)20(18)11-14-23(19,21)3/h6,12,17-21,25-26H,1,7-11,13-15H2,2-4H3/t17-,18-,19-,20-,21-,22-,23-,24-/m0/s1. The monoisotopic (exact) mass is 356 g/mol. The molecule has 0 aromatic heterocycles. The van der Waals surface area contributed by atoms with E-state index in [4.69, 9.17) is 0 Å². The lowest BCUT2D eigenvalue weighted by Gasteiger charge is -2.58. The molecule has 4 aliphatic carbocycles. The van der Waals surface area contributed by atoms with Crippen LogP contribution < -0.4 is 0 Å². The minimum atomic E-state index is -0.799. The fraction of sp³-hybridized carbons (Fsp3) is 0.792. The molecule has 0 bridgehead atoms. The summed E-state index contributed by atoms with van der Waals surface area (Å²) in [5.74, 6) is 2.51. The third-order valence-corrected chi connectivity index (χ3v) is 9.18. The predicted octanol–water partition coefficient (Wildman–Crippen LogP) is 5.02. The van der Waals surface area contributed by atoms with Crippen molar-refractivity contribution >= 4 is 0 Å². The molecule has 0 aromatic carbocycles. The van der Waals surface area contributed by atoms with Crippen molar-refractivity contribution in [2.24, 2.45) is 34.5 Å². The van der Waals surface area contributed by atoms with Crippen LogP contribution in [0.25, 0.3) is 0 Å². The van der Waals surface area contributed by atoms with E-state index in [2.05, 4.69) is 32.2 Å². The molecule has 144 valence electrons. The molecule has 8 atom stereocenters. The summed E-state index contributed by atoms with van der Waals surface area (Å²) in [5.41, 5.74) is 4.10. The number of hydrogen-bond acceptors (Lipinski definition) is 2. The maximum Gasteiger partial charge on any atom is 0.0906 e. The molecule has 4 rings (SSSR count). The van der Waals surface area contributed by atoms with Crippen LogP contribution in [-0.2, 0) is 0 Å². The Morgan fingerprint density at radius 1 is 1.19 bits per heavy atom. The summed E-state index contributed by atoms with van der Waals surface area (Å²) in [5, 5.41) is 21.2. The van der Waals surface area contributed by atoms with Crippen molar-refractivity contribution in [2.45, 2.75) is 83.8 Å². The van der Waals surface area contributed by atoms with Crippen LogP contribution in [0.1, 0.15) is 72.1 Å². The maximum atomic E-state index is 11.1. The fourth-order valence-electron chi connectivity index (χ4n) is 7.91. The van der Waals surface area contributed by atoms with Crippen molar-refractivity contribution in [3.63, 3.8) is 0 Å². The Balaban J connectivity index is 1.65. The van der Waals surface area contributed by atoms with Crippen molar-refractivity contribution < 1.29 is 10.2 Å². The molecule has 0 spiro atoms. The van der Waals surface area contributed by atoms with E-state index < -0.39 is 5.60 Å². The van der Waals surface area contributed by atoms with Crippen molar-refractivity contribution in [1.29, 1.82) is 0 Å². The zero-order chi connectivity index (χ0) is 18.7. The number of fused-ring (bicyclic) bond motifs is 5. The largest absolute Gasteiger partial charge is 0.393 e. The molecule has 0 radical (unpaired) electrons. The van der Waals surface area contributed by atoms with Crippen LogP contribution in [-0.4, -0.2) is 21.9 Å². The second-order valence-electron chi connectivity index (χ2n) is 10.4. The summed E-state index contributed by atoms with van der Waals surface area (Å²) in [6.07, 6.45) is 13.2. The van der Waals surface area contributed by atoms with E-state index in [0.717, 1.165) is 37.5 Å². The van der Waals surface area contributed by atoms with Gasteiger partial charge in [-0.3, -0.25) is 0 Å². The van der Waals surface area contributed by atoms with Crippen molar-refractivity contribution in [3.8, 4) is 0 Å². The summed E-state index contributed by atoms with van der Waals surface area (Å²) in [6, 6.07) is 0. The number of hydrogen-bond donors (Lipinski definition) is 2. The summed E-state index contributed by atoms with van der Waals surface area (Å²) in [4.78, 5) is 0. The van der Waals surface area contributed by atoms with E-state index in [1.54, 1.807) is 6.08 Å². The van der Waals surface area contributed by atoms with Crippen LogP contribution in [0.15, 0.2) is 30.0 Å². The van der Waals surface area contributed by atoms with Crippen LogP contribution in [0.3, 0.4) is 0 Å². The first-order chi connectivity index (χ1) is 12.2. The van der Waals surface area contributed by atoms with E-state index in [9.17, 15) is 10.2 Å². The van der Waals surface area contributed by atoms with E-state index in [1.807, 2.05) is 6.92 Å². The lowest BCUT2D eigenvalue weighted by atomic mass is 9.47. The average Bonchev–Trinajstić information content (AvgIpc) is 2.93. The van der Waals surface area contributed by atoms with Gasteiger partial charge < -0.3 is 10.2 Å². The van der Waals surface area contributed by atoms with Gasteiger partial charge >= 0.3 is 0 Å². The number of aliphatic hydroxyl groups excluding tert-OH is 1. The fourth-order valence-corrected chi connectivity index (χ4v) is 7.91. The lowest BCUT2D eigenvalue weighted by Crippen LogP contribution is -2.52. The minimum absolute atomic E-state index is 0.128. The van der Waals surface area contributed by atoms with Gasteiger partial charge in [-0.05, 0) is 98.9 Å². The Hall–Kier alpha value is -0.820. The van der Waals surface area contributed by atoms with Crippen molar-refractivity contribution in [1.82, 2.24) is 0 Å². The van der Waals surface area contributed by atoms with E-state index in [1.165, 1.54) is 31.3 Å². The Labute approximate surface area is 159 Å². The normalized spacial score (nSPS) is 49.7. The lowest BCUT2D eigenvalue weighted by molar-refractivity contribution is -0.0853. The summed E-state index contributed by atoms with van der Waals surface area (Å²) >= 11 is 0. The van der Waals surface area contributed by atoms with Crippen LogP contribution in [0.5, 0.6) is 0 Å². The van der Waals surface area contributed by atoms with Gasteiger partial charge in [0.1, 0.15) is 0 Å². The van der Waals surface area contributed by atoms with Gasteiger partial charge in [0.2, 0.25) is 0 Å². The van der Waals surface area contributed by atoms with Gasteiger partial charge in [-0.2, -0.15) is 0 Å². The summed E-state index contributed by atoms with van der Waals surface area (Å²) in [6.45, 7) is 10.6. The number of rotatable bonds is 2. The number of allylic oxidation sites excluding steroid dienone is 1. The van der Waals surface area contributed by atoms with Gasteiger partial charge in [-0.1, -0.05) is 32.1 Å². The highest BCUT2D eigenvalue weighted by molar-refractivity contribution is 5.26. The second-order valence-corrected chi connectivity index (χ2v) is 10.4. The van der Waals surface area contributed by atoms with Gasteiger partial charge in [-0.15, -0.1) is 5.73 Å². The molecule has 3 fully saturated rings. The predicted molar refractivity (Wildman–Crippen MR) is 106 cm³/mol. The molecule has 0 heterocycles. The summed E-state index contributed by atoms with van der Waals surface area (Å²) in [7, 11) is 0. The third kappa shape index (κ3) is 2.53. The highest BCUT2D eigenvalue weighted by Crippen LogP contribution is 2.67. The molecule has 2 heteroatoms. The summed E-state index contributed by atoms with van der Waals surface area (Å²) < 4.78 is 0. The van der Waals surface area contributed by atoms with E-state index >= 15 is 0 Å². The molecule has 4 aliphatic rings. The topological polar surface area (TPSA) is 40.5 Å². The SMILES string of the molecule is C=C=C[C@](C)(O)[C@H]1CC[C@H]2[C@@H]3CC=C4C[C@@H](O)CC[C@]4(C)[C@H]3CC[C@@]21C. The smallest absolute Gasteiger partial charge is 0.0906 e. The first-order valence-electron chi connectivity index (χ1n) is 10.7. The molecule has 0 aliphatic heterocycles. The Morgan fingerprint density at radius 2 is 1.96 bits per heavy atom. The van der Waals surface area contributed by atoms with Gasteiger partial charge in [0, 0.05) is 0 Å². The molecule has 26 heavy (non-hydrogen) atoms. The third-order valence-electron chi connectivity index (χ3n) is 9.18. The van der Waals surface area contributed by atoms with Gasteiger partial charge in [-0.25, -0.2) is 0 Å². The Kier molecular flexibility index (Phi) is 4.34. The Morgan fingerprint density at radius 3 is 2.69 bits per heavy atom. The van der Waals surface area contributed by atoms with Crippen molar-refractivity contribution in [2.75, 3.05) is 0 Å². The Bertz CT molecular complexity index is 655. The molecule has 0 unspecified atom stereocenters. The molecule has 0 amide bonds. The molecule has 0 aromatic rings. The first-order valence-corrected chi connectivity index (χ1v) is 10.7. The van der Waals surface area contributed by atoms with Crippen LogP contribution in [0.2, 0.25) is 0 Å². The molecular weight excluding hydrogens is 320 g/mol. The van der Waals surface area contributed by atoms with E-state index in [0.29, 0.717) is 17.3 Å². The van der Waals surface area contributed by atoms with Crippen molar-refractivity contribution in [3.05, 3.63) is 30.0 Å². The maximum absolute atomic E-state index is 11.1. The average molecular weight is 357 g/mol. The van der Waals surface area contributed by atoms with Crippen LogP contribution >= 0.6 is 0 Å². The van der Waals surface area contributed by atoms with Crippen LogP contribution in [0, 0.1) is 34.5 Å². The minimum Gasteiger partial charge on any atom is -0.393 e. The van der Waals surface area contributed by atoms with Gasteiger partial charge in [0.25, 0.3) is 0 Å². The molecule has 0 saturated heterocycles. The molecule has 2 N–H and O–H groups in total. The van der Waals surface area contributed by atoms with Gasteiger partial charge in [0.15, 0.2) is 0 Å². The van der Waals surface area contributed by atoms with E-state index in [-0.39, 0.29) is 11.5 Å².